The van der Waals surface area contributed by atoms with Crippen LogP contribution in [0.3, 0.4) is 0 Å². The van der Waals surface area contributed by atoms with Gasteiger partial charge in [-0.15, -0.1) is 0 Å². The standard InChI is InChI=1S/C15H26N4/c1-4-8-17-12-14-18-9-11-19(14)10-6-5-7-15(2,3)13-16/h9,11,17H,4-8,10,12H2,1-3H3. The first-order chi connectivity index (χ1) is 9.09. The van der Waals surface area contributed by atoms with Gasteiger partial charge in [-0.2, -0.15) is 5.26 Å². The number of rotatable bonds is 9. The van der Waals surface area contributed by atoms with Crippen LogP contribution in [0, 0.1) is 16.7 Å². The normalized spacial score (nSPS) is 11.5. The second-order valence-corrected chi connectivity index (χ2v) is 5.67. The molecule has 0 saturated carbocycles. The zero-order valence-corrected chi connectivity index (χ0v) is 12.4. The molecule has 1 aromatic rings. The summed E-state index contributed by atoms with van der Waals surface area (Å²) in [6.45, 7) is 9.03. The maximum Gasteiger partial charge on any atom is 0.122 e. The maximum atomic E-state index is 8.97. The highest BCUT2D eigenvalue weighted by Crippen LogP contribution is 2.21. The molecule has 0 spiro atoms. The van der Waals surface area contributed by atoms with Crippen LogP contribution in [0.15, 0.2) is 12.4 Å². The summed E-state index contributed by atoms with van der Waals surface area (Å²) in [5.74, 6) is 1.10. The summed E-state index contributed by atoms with van der Waals surface area (Å²) in [5.41, 5.74) is -0.194. The molecule has 0 bridgehead atoms. The Hall–Kier alpha value is -1.34. The fourth-order valence-electron chi connectivity index (χ4n) is 1.99. The summed E-state index contributed by atoms with van der Waals surface area (Å²) in [5, 5.41) is 12.3. The van der Waals surface area contributed by atoms with Crippen LogP contribution in [0.1, 0.15) is 52.3 Å². The third-order valence-electron chi connectivity index (χ3n) is 3.27. The van der Waals surface area contributed by atoms with Gasteiger partial charge in [-0.05, 0) is 39.7 Å². The van der Waals surface area contributed by atoms with Crippen molar-refractivity contribution in [2.24, 2.45) is 5.41 Å². The molecule has 1 rings (SSSR count). The van der Waals surface area contributed by atoms with Crippen LogP contribution in [0.4, 0.5) is 0 Å². The molecule has 1 N–H and O–H groups in total. The summed E-state index contributed by atoms with van der Waals surface area (Å²) < 4.78 is 2.21. The van der Waals surface area contributed by atoms with E-state index in [-0.39, 0.29) is 5.41 Å². The van der Waals surface area contributed by atoms with Crippen molar-refractivity contribution in [3.05, 3.63) is 18.2 Å². The van der Waals surface area contributed by atoms with E-state index in [0.29, 0.717) is 0 Å². The van der Waals surface area contributed by atoms with Crippen molar-refractivity contribution < 1.29 is 0 Å². The van der Waals surface area contributed by atoms with Gasteiger partial charge in [0.15, 0.2) is 0 Å². The summed E-state index contributed by atoms with van der Waals surface area (Å²) >= 11 is 0. The number of hydrogen-bond donors (Lipinski definition) is 1. The molecule has 4 heteroatoms. The monoisotopic (exact) mass is 262 g/mol. The SMILES string of the molecule is CCCNCc1nccn1CCCCC(C)(C)C#N. The molecule has 106 valence electrons. The van der Waals surface area contributed by atoms with Crippen LogP contribution in [0.25, 0.3) is 0 Å². The Bertz CT molecular complexity index is 401. The quantitative estimate of drug-likeness (QED) is 0.696. The van der Waals surface area contributed by atoms with E-state index in [4.69, 9.17) is 5.26 Å². The minimum absolute atomic E-state index is 0.194. The number of imidazole rings is 1. The number of nitrogens with zero attached hydrogens (tertiary/aromatic N) is 3. The van der Waals surface area contributed by atoms with Gasteiger partial charge >= 0.3 is 0 Å². The minimum Gasteiger partial charge on any atom is -0.334 e. The molecule has 0 aliphatic rings. The Balaban J connectivity index is 2.30. The van der Waals surface area contributed by atoms with Crippen LogP contribution >= 0.6 is 0 Å². The molecule has 4 nitrogen and oxygen atoms in total. The topological polar surface area (TPSA) is 53.6 Å². The van der Waals surface area contributed by atoms with Crippen molar-refractivity contribution in [2.75, 3.05) is 6.54 Å². The first kappa shape index (κ1) is 15.7. The van der Waals surface area contributed by atoms with Gasteiger partial charge < -0.3 is 9.88 Å². The number of hydrogen-bond acceptors (Lipinski definition) is 3. The van der Waals surface area contributed by atoms with Gasteiger partial charge in [0.25, 0.3) is 0 Å². The predicted molar refractivity (Wildman–Crippen MR) is 77.5 cm³/mol. The lowest BCUT2D eigenvalue weighted by Gasteiger charge is -2.15. The second kappa shape index (κ2) is 7.96. The van der Waals surface area contributed by atoms with E-state index in [1.807, 2.05) is 26.2 Å². The number of aryl methyl sites for hydroxylation is 1. The van der Waals surface area contributed by atoms with E-state index < -0.39 is 0 Å². The van der Waals surface area contributed by atoms with Crippen molar-refractivity contribution in [2.45, 2.75) is 59.5 Å². The average Bonchev–Trinajstić information content (AvgIpc) is 2.83. The lowest BCUT2D eigenvalue weighted by Crippen LogP contribution is -2.17. The Kier molecular flexibility index (Phi) is 6.58. The van der Waals surface area contributed by atoms with E-state index in [9.17, 15) is 0 Å². The average molecular weight is 262 g/mol. The van der Waals surface area contributed by atoms with E-state index >= 15 is 0 Å². The first-order valence-electron chi connectivity index (χ1n) is 7.21. The molecule has 0 aliphatic carbocycles. The van der Waals surface area contributed by atoms with Crippen LogP contribution in [0.2, 0.25) is 0 Å². The van der Waals surface area contributed by atoms with E-state index in [1.165, 1.54) is 0 Å². The van der Waals surface area contributed by atoms with E-state index in [2.05, 4.69) is 27.9 Å². The molecule has 1 aromatic heterocycles. The molecule has 0 atom stereocenters. The Morgan fingerprint density at radius 1 is 1.42 bits per heavy atom. The lowest BCUT2D eigenvalue weighted by molar-refractivity contribution is 0.414. The summed E-state index contributed by atoms with van der Waals surface area (Å²) in [6, 6.07) is 2.35. The number of unbranched alkanes of at least 4 members (excludes halogenated alkanes) is 1. The first-order valence-corrected chi connectivity index (χ1v) is 7.21. The molecule has 0 saturated heterocycles. The molecule has 0 radical (unpaired) electrons. The van der Waals surface area contributed by atoms with Crippen LogP contribution in [-0.4, -0.2) is 16.1 Å². The Morgan fingerprint density at radius 3 is 2.89 bits per heavy atom. The van der Waals surface area contributed by atoms with Crippen LogP contribution < -0.4 is 5.32 Å². The maximum absolute atomic E-state index is 8.97. The predicted octanol–water partition coefficient (Wildman–Crippen LogP) is 3.10. The Labute approximate surface area is 116 Å². The molecule has 0 aliphatic heterocycles. The molecule has 0 unspecified atom stereocenters. The van der Waals surface area contributed by atoms with Gasteiger partial charge in [-0.25, -0.2) is 4.98 Å². The second-order valence-electron chi connectivity index (χ2n) is 5.67. The van der Waals surface area contributed by atoms with Crippen molar-refractivity contribution in [3.8, 4) is 6.07 Å². The molecule has 0 aromatic carbocycles. The highest BCUT2D eigenvalue weighted by Gasteiger charge is 2.15. The fourth-order valence-corrected chi connectivity index (χ4v) is 1.99. The highest BCUT2D eigenvalue weighted by atomic mass is 15.1. The van der Waals surface area contributed by atoms with Crippen LogP contribution in [-0.2, 0) is 13.1 Å². The van der Waals surface area contributed by atoms with Crippen molar-refractivity contribution >= 4 is 0 Å². The van der Waals surface area contributed by atoms with E-state index in [0.717, 1.165) is 51.1 Å². The molecular formula is C15H26N4. The van der Waals surface area contributed by atoms with E-state index in [1.54, 1.807) is 0 Å². The number of aromatic nitrogens is 2. The summed E-state index contributed by atoms with van der Waals surface area (Å²) in [6.07, 6.45) is 8.19. The number of nitriles is 1. The van der Waals surface area contributed by atoms with Gasteiger partial charge in [0.2, 0.25) is 0 Å². The van der Waals surface area contributed by atoms with Gasteiger partial charge in [0, 0.05) is 18.9 Å². The fraction of sp³-hybridized carbons (Fsp3) is 0.733. The highest BCUT2D eigenvalue weighted by molar-refractivity contribution is 4.93. The van der Waals surface area contributed by atoms with Gasteiger partial charge in [0.05, 0.1) is 18.0 Å². The molecule has 0 fully saturated rings. The third-order valence-corrected chi connectivity index (χ3v) is 3.27. The number of nitrogens with one attached hydrogen (secondary N) is 1. The summed E-state index contributed by atoms with van der Waals surface area (Å²) in [7, 11) is 0. The van der Waals surface area contributed by atoms with Crippen LogP contribution in [0.5, 0.6) is 0 Å². The van der Waals surface area contributed by atoms with Crippen molar-refractivity contribution in [3.63, 3.8) is 0 Å². The zero-order chi connectivity index (χ0) is 14.1. The molecule has 1 heterocycles. The van der Waals surface area contributed by atoms with Crippen molar-refractivity contribution in [1.29, 1.82) is 5.26 Å². The lowest BCUT2D eigenvalue weighted by atomic mass is 9.89. The van der Waals surface area contributed by atoms with Gasteiger partial charge in [0.1, 0.15) is 5.82 Å². The third kappa shape index (κ3) is 5.89. The van der Waals surface area contributed by atoms with Crippen molar-refractivity contribution in [1.82, 2.24) is 14.9 Å². The molecular weight excluding hydrogens is 236 g/mol. The molecule has 19 heavy (non-hydrogen) atoms. The molecule has 0 amide bonds. The largest absolute Gasteiger partial charge is 0.334 e. The van der Waals surface area contributed by atoms with Gasteiger partial charge in [-0.1, -0.05) is 13.3 Å². The Morgan fingerprint density at radius 2 is 2.21 bits per heavy atom. The minimum atomic E-state index is -0.194. The smallest absolute Gasteiger partial charge is 0.122 e. The van der Waals surface area contributed by atoms with Gasteiger partial charge in [-0.3, -0.25) is 0 Å². The zero-order valence-electron chi connectivity index (χ0n) is 12.4. The summed E-state index contributed by atoms with van der Waals surface area (Å²) in [4.78, 5) is 4.38.